The average Bonchev–Trinajstić information content (AvgIpc) is 2.43. The third-order valence-electron chi connectivity index (χ3n) is 2.41. The number of thiocarbonyl (C=S) groups is 1. The minimum Gasteiger partial charge on any atom is -0.483 e. The maximum Gasteiger partial charge on any atom is 0.276 e. The van der Waals surface area contributed by atoms with Crippen molar-refractivity contribution in [2.75, 3.05) is 6.61 Å². The summed E-state index contributed by atoms with van der Waals surface area (Å²) in [6.07, 6.45) is 0.351. The molecule has 0 atom stereocenters. The zero-order chi connectivity index (χ0) is 17.4. The molecule has 2 amide bonds. The first-order valence-corrected chi connectivity index (χ1v) is 8.32. The fourth-order valence-corrected chi connectivity index (χ4v) is 2.44. The van der Waals surface area contributed by atoms with Crippen molar-refractivity contribution in [2.45, 2.75) is 20.3 Å². The van der Waals surface area contributed by atoms with Crippen LogP contribution >= 0.6 is 39.7 Å². The molecule has 1 aromatic carbocycles. The van der Waals surface area contributed by atoms with Crippen molar-refractivity contribution in [1.29, 1.82) is 0 Å². The number of carbonyl (C=O) groups is 2. The van der Waals surface area contributed by atoms with E-state index in [9.17, 15) is 9.59 Å². The normalized spacial score (nSPS) is 10.1. The molecule has 0 fully saturated rings. The van der Waals surface area contributed by atoms with E-state index in [1.54, 1.807) is 18.2 Å². The maximum absolute atomic E-state index is 11.7. The molecule has 0 aliphatic rings. The van der Waals surface area contributed by atoms with Gasteiger partial charge in [0.25, 0.3) is 5.91 Å². The fourth-order valence-electron chi connectivity index (χ4n) is 1.48. The maximum atomic E-state index is 11.7. The molecular formula is C14H17BrClN3O3S. The Hall–Kier alpha value is -1.38. The van der Waals surface area contributed by atoms with Crippen LogP contribution in [0, 0.1) is 5.92 Å². The van der Waals surface area contributed by atoms with Crippen LogP contribution in [0.3, 0.4) is 0 Å². The molecule has 126 valence electrons. The summed E-state index contributed by atoms with van der Waals surface area (Å²) in [5.74, 6) is 0.0383. The Morgan fingerprint density at radius 2 is 2.00 bits per heavy atom. The van der Waals surface area contributed by atoms with Gasteiger partial charge in [0.15, 0.2) is 11.7 Å². The van der Waals surface area contributed by atoms with Crippen LogP contribution in [-0.4, -0.2) is 23.5 Å². The lowest BCUT2D eigenvalue weighted by Gasteiger charge is -2.12. The number of hydrazine groups is 1. The Kier molecular flexibility index (Phi) is 8.29. The SMILES string of the molecule is CC(C)CC(=O)NC(=S)NNC(=O)COc1ccc(Cl)cc1Br. The minimum absolute atomic E-state index is 0.0247. The Morgan fingerprint density at radius 1 is 1.30 bits per heavy atom. The van der Waals surface area contributed by atoms with Gasteiger partial charge >= 0.3 is 0 Å². The van der Waals surface area contributed by atoms with Crippen molar-refractivity contribution in [3.8, 4) is 5.75 Å². The van der Waals surface area contributed by atoms with Gasteiger partial charge in [-0.15, -0.1) is 0 Å². The Morgan fingerprint density at radius 3 is 2.61 bits per heavy atom. The van der Waals surface area contributed by atoms with E-state index >= 15 is 0 Å². The molecule has 9 heteroatoms. The monoisotopic (exact) mass is 421 g/mol. The Balaban J connectivity index is 2.31. The molecule has 0 unspecified atom stereocenters. The van der Waals surface area contributed by atoms with Gasteiger partial charge in [0.2, 0.25) is 5.91 Å². The van der Waals surface area contributed by atoms with Crippen molar-refractivity contribution in [2.24, 2.45) is 5.92 Å². The topological polar surface area (TPSA) is 79.5 Å². The highest BCUT2D eigenvalue weighted by Crippen LogP contribution is 2.27. The summed E-state index contributed by atoms with van der Waals surface area (Å²) in [6.45, 7) is 3.61. The van der Waals surface area contributed by atoms with E-state index in [1.807, 2.05) is 13.8 Å². The van der Waals surface area contributed by atoms with Gasteiger partial charge in [-0.25, -0.2) is 0 Å². The number of rotatable bonds is 5. The molecule has 6 nitrogen and oxygen atoms in total. The van der Waals surface area contributed by atoms with Gasteiger partial charge in [0.05, 0.1) is 4.47 Å². The lowest BCUT2D eigenvalue weighted by Crippen LogP contribution is -2.49. The first-order chi connectivity index (χ1) is 10.8. The van der Waals surface area contributed by atoms with Crippen molar-refractivity contribution >= 4 is 56.7 Å². The highest BCUT2D eigenvalue weighted by molar-refractivity contribution is 9.10. The number of benzene rings is 1. The number of hydrogen-bond donors (Lipinski definition) is 3. The zero-order valence-electron chi connectivity index (χ0n) is 12.6. The molecule has 0 bridgehead atoms. The Labute approximate surface area is 153 Å². The molecule has 0 heterocycles. The minimum atomic E-state index is -0.452. The van der Waals surface area contributed by atoms with Gasteiger partial charge < -0.3 is 10.1 Å². The molecule has 1 rings (SSSR count). The first kappa shape index (κ1) is 19.7. The fraction of sp³-hybridized carbons (Fsp3) is 0.357. The van der Waals surface area contributed by atoms with Crippen molar-refractivity contribution in [1.82, 2.24) is 16.2 Å². The van der Waals surface area contributed by atoms with Crippen LogP contribution in [0.1, 0.15) is 20.3 Å². The highest BCUT2D eigenvalue weighted by Gasteiger charge is 2.09. The van der Waals surface area contributed by atoms with Crippen LogP contribution in [0.5, 0.6) is 5.75 Å². The van der Waals surface area contributed by atoms with Crippen LogP contribution in [0.4, 0.5) is 0 Å². The second-order valence-electron chi connectivity index (χ2n) is 5.01. The molecule has 3 N–H and O–H groups in total. The molecule has 0 aromatic heterocycles. The van der Waals surface area contributed by atoms with E-state index in [0.717, 1.165) is 0 Å². The molecule has 0 aliphatic carbocycles. The molecule has 0 radical (unpaired) electrons. The Bertz CT molecular complexity index is 599. The van der Waals surface area contributed by atoms with Crippen LogP contribution in [0.25, 0.3) is 0 Å². The van der Waals surface area contributed by atoms with Crippen LogP contribution in [-0.2, 0) is 9.59 Å². The summed E-state index contributed by atoms with van der Waals surface area (Å²) in [7, 11) is 0. The molecular weight excluding hydrogens is 406 g/mol. The summed E-state index contributed by atoms with van der Waals surface area (Å²) in [4.78, 5) is 23.1. The van der Waals surface area contributed by atoms with Gasteiger partial charge in [-0.2, -0.15) is 0 Å². The van der Waals surface area contributed by atoms with Gasteiger partial charge in [-0.05, 0) is 52.3 Å². The quantitative estimate of drug-likeness (QED) is 0.502. The van der Waals surface area contributed by atoms with E-state index in [-0.39, 0.29) is 23.5 Å². The molecule has 0 aliphatic heterocycles. The predicted molar refractivity (Wildman–Crippen MR) is 96.1 cm³/mol. The molecule has 1 aromatic rings. The van der Waals surface area contributed by atoms with E-state index < -0.39 is 5.91 Å². The second-order valence-corrected chi connectivity index (χ2v) is 6.71. The van der Waals surface area contributed by atoms with E-state index in [4.69, 9.17) is 28.6 Å². The van der Waals surface area contributed by atoms with E-state index in [2.05, 4.69) is 32.1 Å². The number of halogens is 2. The van der Waals surface area contributed by atoms with Gasteiger partial charge in [0, 0.05) is 11.4 Å². The van der Waals surface area contributed by atoms with Crippen molar-refractivity contribution < 1.29 is 14.3 Å². The summed E-state index contributed by atoms with van der Waals surface area (Å²) >= 11 is 14.0. The van der Waals surface area contributed by atoms with Gasteiger partial charge in [-0.1, -0.05) is 25.4 Å². The summed E-state index contributed by atoms with van der Waals surface area (Å²) in [5.41, 5.74) is 4.76. The molecule has 0 saturated heterocycles. The summed E-state index contributed by atoms with van der Waals surface area (Å²) in [6, 6.07) is 4.95. The largest absolute Gasteiger partial charge is 0.483 e. The van der Waals surface area contributed by atoms with Crippen molar-refractivity contribution in [3.63, 3.8) is 0 Å². The van der Waals surface area contributed by atoms with Crippen molar-refractivity contribution in [3.05, 3.63) is 27.7 Å². The average molecular weight is 423 g/mol. The first-order valence-electron chi connectivity index (χ1n) is 6.74. The lowest BCUT2D eigenvalue weighted by atomic mass is 10.1. The lowest BCUT2D eigenvalue weighted by molar-refractivity contribution is -0.124. The number of carbonyl (C=O) groups excluding carboxylic acids is 2. The standard InChI is InChI=1S/C14H17BrClN3O3S/c1-8(2)5-12(20)17-14(23)19-18-13(21)7-22-11-4-3-9(16)6-10(11)15/h3-4,6,8H,5,7H2,1-2H3,(H,18,21)(H2,17,19,20,23). The predicted octanol–water partition coefficient (Wildman–Crippen LogP) is 2.55. The van der Waals surface area contributed by atoms with Crippen LogP contribution in [0.15, 0.2) is 22.7 Å². The van der Waals surface area contributed by atoms with E-state index in [1.165, 1.54) is 0 Å². The smallest absolute Gasteiger partial charge is 0.276 e. The van der Waals surface area contributed by atoms with Gasteiger partial charge in [-0.3, -0.25) is 20.4 Å². The van der Waals surface area contributed by atoms with E-state index in [0.29, 0.717) is 21.7 Å². The highest BCUT2D eigenvalue weighted by atomic mass is 79.9. The molecule has 23 heavy (non-hydrogen) atoms. The van der Waals surface area contributed by atoms with Crippen LogP contribution < -0.4 is 20.9 Å². The summed E-state index contributed by atoms with van der Waals surface area (Å²) in [5, 5.41) is 3.04. The number of ether oxygens (including phenoxy) is 1. The third kappa shape index (κ3) is 8.15. The van der Waals surface area contributed by atoms with Gasteiger partial charge in [0.1, 0.15) is 5.75 Å². The summed E-state index contributed by atoms with van der Waals surface area (Å²) < 4.78 is 5.97. The second kappa shape index (κ2) is 9.69. The number of nitrogens with one attached hydrogen (secondary N) is 3. The molecule has 0 saturated carbocycles. The number of amides is 2. The number of hydrogen-bond acceptors (Lipinski definition) is 4. The zero-order valence-corrected chi connectivity index (χ0v) is 15.8. The molecule has 0 spiro atoms. The van der Waals surface area contributed by atoms with Crippen LogP contribution in [0.2, 0.25) is 5.02 Å². The third-order valence-corrected chi connectivity index (χ3v) is 3.47.